The number of aliphatic hydroxyl groups is 1. The van der Waals surface area contributed by atoms with Gasteiger partial charge in [0.25, 0.3) is 0 Å². The van der Waals surface area contributed by atoms with Crippen molar-refractivity contribution in [3.63, 3.8) is 0 Å². The molecule has 1 atom stereocenters. The number of rotatable bonds is 7. The van der Waals surface area contributed by atoms with Gasteiger partial charge in [-0.05, 0) is 0 Å². The lowest BCUT2D eigenvalue weighted by Crippen LogP contribution is -2.68. The monoisotopic (exact) mass is 482 g/mol. The molecular formula is C9H3F17O3. The number of halogens is 17. The van der Waals surface area contributed by atoms with Crippen LogP contribution in [0.1, 0.15) is 0 Å². The molecule has 20 heteroatoms. The van der Waals surface area contributed by atoms with E-state index in [1.54, 1.807) is 0 Å². The van der Waals surface area contributed by atoms with Crippen molar-refractivity contribution in [2.45, 2.75) is 48.4 Å². The van der Waals surface area contributed by atoms with Crippen molar-refractivity contribution >= 4 is 0 Å². The molecule has 29 heavy (non-hydrogen) atoms. The van der Waals surface area contributed by atoms with Gasteiger partial charge in [-0.15, -0.1) is 0 Å². The highest BCUT2D eigenvalue weighted by atomic mass is 19.4. The molecule has 0 heterocycles. The summed E-state index contributed by atoms with van der Waals surface area (Å²) in [5.41, 5.74) is 0. The second-order valence-corrected chi connectivity index (χ2v) is 4.78. The highest BCUT2D eigenvalue weighted by Crippen LogP contribution is 2.56. The Balaban J connectivity index is 6.58. The van der Waals surface area contributed by atoms with Crippen molar-refractivity contribution in [2.24, 2.45) is 0 Å². The minimum atomic E-state index is -8.01. The van der Waals surface area contributed by atoms with E-state index in [-0.39, 0.29) is 0 Å². The van der Waals surface area contributed by atoms with Crippen LogP contribution in [0.4, 0.5) is 74.6 Å². The van der Waals surface area contributed by atoms with Crippen molar-refractivity contribution < 1.29 is 89.2 Å². The van der Waals surface area contributed by atoms with Crippen LogP contribution in [-0.4, -0.2) is 60.1 Å². The number of hydrogen-bond acceptors (Lipinski definition) is 3. The van der Waals surface area contributed by atoms with E-state index in [9.17, 15) is 74.6 Å². The molecule has 0 bridgehead atoms. The van der Waals surface area contributed by atoms with Crippen LogP contribution in [0.25, 0.3) is 0 Å². The summed E-state index contributed by atoms with van der Waals surface area (Å²) < 4.78 is 216. The molecule has 0 aliphatic carbocycles. The summed E-state index contributed by atoms with van der Waals surface area (Å²) in [6.45, 7) is -3.24. The van der Waals surface area contributed by atoms with Crippen LogP contribution in [-0.2, 0) is 9.47 Å². The van der Waals surface area contributed by atoms with E-state index in [2.05, 4.69) is 0 Å². The van der Waals surface area contributed by atoms with Crippen LogP contribution < -0.4 is 0 Å². The normalized spacial score (nSPS) is 18.0. The average molecular weight is 482 g/mol. The predicted octanol–water partition coefficient (Wildman–Crippen LogP) is 4.85. The first-order valence-corrected chi connectivity index (χ1v) is 5.95. The third-order valence-electron chi connectivity index (χ3n) is 2.63. The maximum absolute atomic E-state index is 13.5. The van der Waals surface area contributed by atoms with Gasteiger partial charge in [-0.25, -0.2) is 0 Å². The summed E-state index contributed by atoms with van der Waals surface area (Å²) in [6.07, 6.45) is -38.4. The van der Waals surface area contributed by atoms with Gasteiger partial charge in [0.2, 0.25) is 0 Å². The molecule has 0 aromatic rings. The number of hydrogen-bond donors (Lipinski definition) is 1. The van der Waals surface area contributed by atoms with Gasteiger partial charge in [0.05, 0.1) is 0 Å². The highest BCUT2D eigenvalue weighted by Gasteiger charge is 2.85. The minimum absolute atomic E-state index is 1.23. The molecular weight excluding hydrogens is 479 g/mol. The lowest BCUT2D eigenvalue weighted by atomic mass is 10.2. The molecule has 0 amide bonds. The fourth-order valence-corrected chi connectivity index (χ4v) is 1.14. The second kappa shape index (κ2) is 7.13. The zero-order valence-corrected chi connectivity index (χ0v) is 12.4. The minimum Gasteiger partial charge on any atom is -0.390 e. The smallest absolute Gasteiger partial charge is 0.390 e. The molecule has 176 valence electrons. The summed E-state index contributed by atoms with van der Waals surface area (Å²) in [4.78, 5) is 0. The maximum atomic E-state index is 13.5. The molecule has 0 rings (SSSR count). The standard InChI is InChI=1S/C9H3F17O3/c10-2(11,1-27)8(23,24)29-4(13,7(20,21)22)9(25,26)28-3(12,5(14,15)16)6(17,18)19/h27H,1H2/t4-/m1/s1. The Morgan fingerprint density at radius 2 is 0.724 bits per heavy atom. The van der Waals surface area contributed by atoms with E-state index in [4.69, 9.17) is 5.11 Å². The van der Waals surface area contributed by atoms with Crippen molar-refractivity contribution in [3.05, 3.63) is 0 Å². The van der Waals surface area contributed by atoms with E-state index < -0.39 is 55.0 Å². The van der Waals surface area contributed by atoms with Gasteiger partial charge in [-0.3, -0.25) is 9.47 Å². The molecule has 0 saturated carbocycles. The van der Waals surface area contributed by atoms with Gasteiger partial charge in [0.15, 0.2) is 0 Å². The van der Waals surface area contributed by atoms with Crippen molar-refractivity contribution in [1.29, 1.82) is 0 Å². The molecule has 0 aromatic heterocycles. The Kier molecular flexibility index (Phi) is 6.81. The van der Waals surface area contributed by atoms with Gasteiger partial charge in [0.1, 0.15) is 6.61 Å². The summed E-state index contributed by atoms with van der Waals surface area (Å²) >= 11 is 0. The number of alkyl halides is 17. The van der Waals surface area contributed by atoms with Crippen molar-refractivity contribution in [2.75, 3.05) is 6.61 Å². The fourth-order valence-electron chi connectivity index (χ4n) is 1.14. The fraction of sp³-hybridized carbons (Fsp3) is 1.00. The average Bonchev–Trinajstić information content (AvgIpc) is 2.42. The van der Waals surface area contributed by atoms with Gasteiger partial charge >= 0.3 is 48.4 Å². The largest absolute Gasteiger partial charge is 0.458 e. The molecule has 1 N–H and O–H groups in total. The first-order valence-electron chi connectivity index (χ1n) is 5.95. The predicted molar refractivity (Wildman–Crippen MR) is 49.9 cm³/mol. The molecule has 0 fully saturated rings. The lowest BCUT2D eigenvalue weighted by Gasteiger charge is -2.40. The molecule has 0 spiro atoms. The van der Waals surface area contributed by atoms with Crippen LogP contribution in [0, 0.1) is 0 Å². The van der Waals surface area contributed by atoms with E-state index >= 15 is 0 Å². The van der Waals surface area contributed by atoms with Crippen LogP contribution in [0.5, 0.6) is 0 Å². The van der Waals surface area contributed by atoms with Gasteiger partial charge < -0.3 is 5.11 Å². The second-order valence-electron chi connectivity index (χ2n) is 4.78. The Morgan fingerprint density at radius 1 is 0.448 bits per heavy atom. The van der Waals surface area contributed by atoms with Gasteiger partial charge in [0, 0.05) is 0 Å². The Bertz CT molecular complexity index is 560. The SMILES string of the molecule is OCC(F)(F)C(F)(F)O[C@](F)(C(F)(F)F)C(F)(F)OC(F)(C(F)(F)F)C(F)(F)F. The van der Waals surface area contributed by atoms with E-state index in [1.807, 2.05) is 0 Å². The third-order valence-corrected chi connectivity index (χ3v) is 2.63. The molecule has 0 saturated heterocycles. The van der Waals surface area contributed by atoms with Crippen molar-refractivity contribution in [1.82, 2.24) is 0 Å². The molecule has 0 aliphatic heterocycles. The van der Waals surface area contributed by atoms with E-state index in [0.717, 1.165) is 0 Å². The Morgan fingerprint density at radius 3 is 0.966 bits per heavy atom. The Labute approximate surface area is 145 Å². The van der Waals surface area contributed by atoms with E-state index in [1.165, 1.54) is 9.47 Å². The van der Waals surface area contributed by atoms with Gasteiger partial charge in [-0.2, -0.15) is 74.6 Å². The van der Waals surface area contributed by atoms with Crippen LogP contribution >= 0.6 is 0 Å². The van der Waals surface area contributed by atoms with Crippen LogP contribution in [0.3, 0.4) is 0 Å². The number of ether oxygens (including phenoxy) is 2. The summed E-state index contributed by atoms with van der Waals surface area (Å²) in [5, 5.41) is 7.84. The first-order chi connectivity index (χ1) is 12.2. The molecule has 3 nitrogen and oxygen atoms in total. The highest BCUT2D eigenvalue weighted by molar-refractivity contribution is 4.95. The zero-order chi connectivity index (χ0) is 24.1. The zero-order valence-electron chi connectivity index (χ0n) is 12.4. The summed E-state index contributed by atoms with van der Waals surface area (Å²) in [6, 6.07) is 0. The lowest BCUT2D eigenvalue weighted by molar-refractivity contribution is -0.560. The van der Waals surface area contributed by atoms with Crippen LogP contribution in [0.2, 0.25) is 0 Å². The topological polar surface area (TPSA) is 38.7 Å². The van der Waals surface area contributed by atoms with Gasteiger partial charge in [-0.1, -0.05) is 0 Å². The molecule has 0 unspecified atom stereocenters. The van der Waals surface area contributed by atoms with Crippen molar-refractivity contribution in [3.8, 4) is 0 Å². The first kappa shape index (κ1) is 27.7. The molecule has 0 aliphatic rings. The Hall–Kier alpha value is -1.31. The third kappa shape index (κ3) is 4.72. The summed E-state index contributed by atoms with van der Waals surface area (Å²) in [7, 11) is 0. The van der Waals surface area contributed by atoms with Crippen LogP contribution in [0.15, 0.2) is 0 Å². The molecule has 0 aromatic carbocycles. The maximum Gasteiger partial charge on any atom is 0.458 e. The molecule has 0 radical (unpaired) electrons. The number of aliphatic hydroxyl groups excluding tert-OH is 1. The summed E-state index contributed by atoms with van der Waals surface area (Å²) in [5.74, 6) is -22.1. The quantitative estimate of drug-likeness (QED) is 0.528. The van der Waals surface area contributed by atoms with E-state index in [0.29, 0.717) is 0 Å².